The standard InChI is InChI=1S/C17H22N2O3/c1-12(2)11-21-17(20)9-15-8-16(19(3)22-15)14-6-4-13(10-18)5-7-14/h4-7,12,15-16H,8-9,11H2,1-3H3. The highest BCUT2D eigenvalue weighted by Crippen LogP contribution is 2.34. The second-order valence-electron chi connectivity index (χ2n) is 6.04. The normalized spacial score (nSPS) is 21.8. The fraction of sp³-hybridized carbons (Fsp3) is 0.529. The molecule has 1 aliphatic rings. The Morgan fingerprint density at radius 1 is 1.45 bits per heavy atom. The van der Waals surface area contributed by atoms with E-state index in [0.717, 1.165) is 12.0 Å². The molecule has 0 bridgehead atoms. The van der Waals surface area contributed by atoms with E-state index in [0.29, 0.717) is 18.1 Å². The van der Waals surface area contributed by atoms with Crippen LogP contribution in [0, 0.1) is 17.2 Å². The number of nitriles is 1. The largest absolute Gasteiger partial charge is 0.465 e. The number of ether oxygens (including phenoxy) is 1. The van der Waals surface area contributed by atoms with Gasteiger partial charge in [-0.2, -0.15) is 10.3 Å². The molecular weight excluding hydrogens is 280 g/mol. The lowest BCUT2D eigenvalue weighted by molar-refractivity contribution is -0.163. The van der Waals surface area contributed by atoms with Crippen LogP contribution in [0.2, 0.25) is 0 Å². The van der Waals surface area contributed by atoms with Crippen molar-refractivity contribution in [3.8, 4) is 6.07 Å². The number of hydrogen-bond donors (Lipinski definition) is 0. The summed E-state index contributed by atoms with van der Waals surface area (Å²) in [6, 6.07) is 9.67. The lowest BCUT2D eigenvalue weighted by Crippen LogP contribution is -2.19. The summed E-state index contributed by atoms with van der Waals surface area (Å²) in [5, 5.41) is 10.6. The third kappa shape index (κ3) is 4.30. The highest BCUT2D eigenvalue weighted by atomic mass is 16.7. The van der Waals surface area contributed by atoms with Crippen molar-refractivity contribution < 1.29 is 14.4 Å². The van der Waals surface area contributed by atoms with Crippen LogP contribution in [0.4, 0.5) is 0 Å². The van der Waals surface area contributed by atoms with Crippen molar-refractivity contribution in [1.29, 1.82) is 5.26 Å². The van der Waals surface area contributed by atoms with Gasteiger partial charge in [0.2, 0.25) is 0 Å². The van der Waals surface area contributed by atoms with Gasteiger partial charge in [0.05, 0.1) is 36.8 Å². The smallest absolute Gasteiger partial charge is 0.308 e. The second kappa shape index (κ2) is 7.39. The number of benzene rings is 1. The Morgan fingerprint density at radius 2 is 2.14 bits per heavy atom. The van der Waals surface area contributed by atoms with Crippen LogP contribution in [0.15, 0.2) is 24.3 Å². The molecule has 0 aliphatic carbocycles. The van der Waals surface area contributed by atoms with E-state index in [4.69, 9.17) is 14.8 Å². The molecule has 0 saturated carbocycles. The van der Waals surface area contributed by atoms with Crippen molar-refractivity contribution in [3.63, 3.8) is 0 Å². The van der Waals surface area contributed by atoms with Crippen molar-refractivity contribution in [2.45, 2.75) is 38.8 Å². The van der Waals surface area contributed by atoms with Crippen LogP contribution in [0.1, 0.15) is 43.9 Å². The fourth-order valence-electron chi connectivity index (χ4n) is 2.50. The number of hydroxylamine groups is 2. The van der Waals surface area contributed by atoms with Crippen LogP contribution in [-0.4, -0.2) is 30.8 Å². The Balaban J connectivity index is 1.91. The van der Waals surface area contributed by atoms with E-state index in [1.165, 1.54) is 0 Å². The summed E-state index contributed by atoms with van der Waals surface area (Å²) in [7, 11) is 1.86. The number of nitrogens with zero attached hydrogens (tertiary/aromatic N) is 2. The van der Waals surface area contributed by atoms with Gasteiger partial charge >= 0.3 is 5.97 Å². The van der Waals surface area contributed by atoms with Crippen molar-refractivity contribution in [1.82, 2.24) is 5.06 Å². The predicted octanol–water partition coefficient (Wildman–Crippen LogP) is 2.82. The number of esters is 1. The maximum Gasteiger partial charge on any atom is 0.308 e. The Kier molecular flexibility index (Phi) is 5.53. The monoisotopic (exact) mass is 302 g/mol. The summed E-state index contributed by atoms with van der Waals surface area (Å²) >= 11 is 0. The van der Waals surface area contributed by atoms with Crippen molar-refractivity contribution in [2.75, 3.05) is 13.7 Å². The number of carbonyl (C=O) groups excluding carboxylic acids is 1. The topological polar surface area (TPSA) is 62.6 Å². The third-order valence-corrected chi connectivity index (χ3v) is 3.64. The zero-order chi connectivity index (χ0) is 16.1. The van der Waals surface area contributed by atoms with Crippen LogP contribution in [0.25, 0.3) is 0 Å². The average Bonchev–Trinajstić information content (AvgIpc) is 2.85. The average molecular weight is 302 g/mol. The Hall–Kier alpha value is -1.90. The van der Waals surface area contributed by atoms with Gasteiger partial charge in [0, 0.05) is 7.05 Å². The van der Waals surface area contributed by atoms with E-state index in [2.05, 4.69) is 6.07 Å². The highest BCUT2D eigenvalue weighted by Gasteiger charge is 2.33. The van der Waals surface area contributed by atoms with Gasteiger partial charge in [-0.3, -0.25) is 9.63 Å². The molecular formula is C17H22N2O3. The van der Waals surface area contributed by atoms with E-state index in [1.54, 1.807) is 17.2 Å². The molecule has 1 aliphatic heterocycles. The summed E-state index contributed by atoms with van der Waals surface area (Å²) in [6.07, 6.45) is 0.841. The molecule has 0 N–H and O–H groups in total. The Morgan fingerprint density at radius 3 is 2.73 bits per heavy atom. The van der Waals surface area contributed by atoms with Gasteiger partial charge < -0.3 is 4.74 Å². The zero-order valence-electron chi connectivity index (χ0n) is 13.3. The fourth-order valence-corrected chi connectivity index (χ4v) is 2.50. The molecule has 0 aromatic heterocycles. The van der Waals surface area contributed by atoms with Crippen molar-refractivity contribution >= 4 is 5.97 Å². The van der Waals surface area contributed by atoms with Gasteiger partial charge in [0.1, 0.15) is 0 Å². The Bertz CT molecular complexity index is 548. The van der Waals surface area contributed by atoms with Gasteiger partial charge in [-0.25, -0.2) is 0 Å². The van der Waals surface area contributed by atoms with Gasteiger partial charge in [0.25, 0.3) is 0 Å². The summed E-state index contributed by atoms with van der Waals surface area (Å²) < 4.78 is 5.20. The molecule has 1 fully saturated rings. The molecule has 5 nitrogen and oxygen atoms in total. The molecule has 1 aromatic carbocycles. The molecule has 2 rings (SSSR count). The van der Waals surface area contributed by atoms with E-state index in [1.807, 2.05) is 33.0 Å². The SMILES string of the molecule is CC(C)COC(=O)CC1CC(c2ccc(C#N)cc2)N(C)O1. The zero-order valence-corrected chi connectivity index (χ0v) is 13.3. The molecule has 1 heterocycles. The molecule has 1 aromatic rings. The lowest BCUT2D eigenvalue weighted by atomic mass is 9.99. The maximum absolute atomic E-state index is 11.8. The highest BCUT2D eigenvalue weighted by molar-refractivity contribution is 5.70. The summed E-state index contributed by atoms with van der Waals surface area (Å²) in [4.78, 5) is 17.5. The molecule has 22 heavy (non-hydrogen) atoms. The molecule has 0 radical (unpaired) electrons. The maximum atomic E-state index is 11.8. The molecule has 118 valence electrons. The van der Waals surface area contributed by atoms with E-state index < -0.39 is 0 Å². The predicted molar refractivity (Wildman–Crippen MR) is 81.6 cm³/mol. The summed E-state index contributed by atoms with van der Waals surface area (Å²) in [5.74, 6) is 0.120. The summed E-state index contributed by atoms with van der Waals surface area (Å²) in [6.45, 7) is 4.46. The van der Waals surface area contributed by atoms with Crippen LogP contribution in [0.3, 0.4) is 0 Å². The molecule has 5 heteroatoms. The van der Waals surface area contributed by atoms with E-state index in [-0.39, 0.29) is 24.5 Å². The minimum absolute atomic E-state index is 0.0932. The lowest BCUT2D eigenvalue weighted by Gasteiger charge is -2.17. The second-order valence-corrected chi connectivity index (χ2v) is 6.04. The first-order chi connectivity index (χ1) is 10.5. The molecule has 2 unspecified atom stereocenters. The Labute approximate surface area is 131 Å². The van der Waals surface area contributed by atoms with Crippen LogP contribution < -0.4 is 0 Å². The molecule has 0 amide bonds. The van der Waals surface area contributed by atoms with E-state index >= 15 is 0 Å². The van der Waals surface area contributed by atoms with Crippen molar-refractivity contribution in [2.24, 2.45) is 5.92 Å². The number of hydrogen-bond acceptors (Lipinski definition) is 5. The quantitative estimate of drug-likeness (QED) is 0.783. The number of rotatable bonds is 5. The summed E-state index contributed by atoms with van der Waals surface area (Å²) in [5.41, 5.74) is 1.72. The first kappa shape index (κ1) is 16.5. The minimum atomic E-state index is -0.215. The van der Waals surface area contributed by atoms with Gasteiger partial charge in [0.15, 0.2) is 0 Å². The van der Waals surface area contributed by atoms with Gasteiger partial charge in [-0.1, -0.05) is 26.0 Å². The minimum Gasteiger partial charge on any atom is -0.465 e. The first-order valence-electron chi connectivity index (χ1n) is 7.55. The van der Waals surface area contributed by atoms with E-state index in [9.17, 15) is 4.79 Å². The molecule has 1 saturated heterocycles. The third-order valence-electron chi connectivity index (χ3n) is 3.64. The van der Waals surface area contributed by atoms with Crippen LogP contribution in [0.5, 0.6) is 0 Å². The van der Waals surface area contributed by atoms with Gasteiger partial charge in [-0.15, -0.1) is 0 Å². The van der Waals surface area contributed by atoms with Crippen molar-refractivity contribution in [3.05, 3.63) is 35.4 Å². The number of carbonyl (C=O) groups is 1. The van der Waals surface area contributed by atoms with Crippen LogP contribution in [-0.2, 0) is 14.4 Å². The molecule has 0 spiro atoms. The van der Waals surface area contributed by atoms with Crippen LogP contribution >= 0.6 is 0 Å². The van der Waals surface area contributed by atoms with Gasteiger partial charge in [-0.05, 0) is 30.0 Å². The first-order valence-corrected chi connectivity index (χ1v) is 7.55. The molecule has 2 atom stereocenters.